The van der Waals surface area contributed by atoms with Crippen molar-refractivity contribution in [1.82, 2.24) is 10.2 Å². The van der Waals surface area contributed by atoms with Crippen molar-refractivity contribution < 1.29 is 4.74 Å². The molecule has 3 nitrogen and oxygen atoms in total. The molecule has 2 aliphatic heterocycles. The summed E-state index contributed by atoms with van der Waals surface area (Å²) in [6.07, 6.45) is 0.992. The zero-order valence-corrected chi connectivity index (χ0v) is 14.0. The van der Waals surface area contributed by atoms with Gasteiger partial charge < -0.3 is 10.1 Å². The average molecular weight is 359 g/mol. The minimum atomic E-state index is 0.383. The van der Waals surface area contributed by atoms with E-state index in [2.05, 4.69) is 62.5 Å². The Morgan fingerprint density at radius 2 is 1.86 bits per heavy atom. The van der Waals surface area contributed by atoms with E-state index in [1.807, 2.05) is 6.07 Å². The molecule has 0 saturated carbocycles. The predicted octanol–water partition coefficient (Wildman–Crippen LogP) is 3.74. The summed E-state index contributed by atoms with van der Waals surface area (Å²) in [5.74, 6) is 1.97. The van der Waals surface area contributed by atoms with Crippen LogP contribution in [0, 0.1) is 0 Å². The van der Waals surface area contributed by atoms with Gasteiger partial charge in [0.25, 0.3) is 0 Å². The van der Waals surface area contributed by atoms with Crippen molar-refractivity contribution in [2.45, 2.75) is 12.5 Å². The fourth-order valence-corrected chi connectivity index (χ4v) is 3.82. The van der Waals surface area contributed by atoms with Crippen molar-refractivity contribution in [2.75, 3.05) is 26.2 Å². The first-order valence-corrected chi connectivity index (χ1v) is 8.60. The molecule has 4 heteroatoms. The summed E-state index contributed by atoms with van der Waals surface area (Å²) < 4.78 is 7.33. The second kappa shape index (κ2) is 6.03. The number of nitrogens with zero attached hydrogens (tertiary/aromatic N) is 1. The highest BCUT2D eigenvalue weighted by Crippen LogP contribution is 2.41. The molecule has 22 heavy (non-hydrogen) atoms. The molecule has 1 saturated heterocycles. The summed E-state index contributed by atoms with van der Waals surface area (Å²) in [5, 5.41) is 3.44. The van der Waals surface area contributed by atoms with Gasteiger partial charge in [-0.15, -0.1) is 0 Å². The molecule has 1 N–H and O–H groups in total. The zero-order valence-electron chi connectivity index (χ0n) is 12.4. The molecular formula is C18H19BrN2O. The molecule has 1 fully saturated rings. The number of ether oxygens (including phenoxy) is 1. The summed E-state index contributed by atoms with van der Waals surface area (Å²) in [5.41, 5.74) is 2.57. The minimum absolute atomic E-state index is 0.383. The Hall–Kier alpha value is -1.36. The summed E-state index contributed by atoms with van der Waals surface area (Å²) >= 11 is 3.59. The number of fused-ring (bicyclic) bond motifs is 2. The van der Waals surface area contributed by atoms with Crippen LogP contribution >= 0.6 is 15.9 Å². The van der Waals surface area contributed by atoms with Crippen molar-refractivity contribution >= 4 is 15.9 Å². The molecule has 4 rings (SSSR count). The Morgan fingerprint density at radius 1 is 1.05 bits per heavy atom. The van der Waals surface area contributed by atoms with E-state index in [0.29, 0.717) is 6.04 Å². The maximum absolute atomic E-state index is 6.22. The molecule has 1 unspecified atom stereocenters. The molecule has 2 aromatic carbocycles. The van der Waals surface area contributed by atoms with E-state index >= 15 is 0 Å². The van der Waals surface area contributed by atoms with Crippen molar-refractivity contribution in [1.29, 1.82) is 0 Å². The lowest BCUT2D eigenvalue weighted by Crippen LogP contribution is -2.45. The topological polar surface area (TPSA) is 24.5 Å². The van der Waals surface area contributed by atoms with Crippen LogP contribution in [0.15, 0.2) is 46.9 Å². The van der Waals surface area contributed by atoms with Gasteiger partial charge in [0.15, 0.2) is 0 Å². The average Bonchev–Trinajstić information content (AvgIpc) is 2.72. The highest BCUT2D eigenvalue weighted by atomic mass is 79.9. The first-order chi connectivity index (χ1) is 10.8. The molecule has 0 spiro atoms. The lowest BCUT2D eigenvalue weighted by atomic mass is 9.97. The van der Waals surface area contributed by atoms with Gasteiger partial charge in [-0.1, -0.05) is 34.1 Å². The minimum Gasteiger partial charge on any atom is -0.457 e. The summed E-state index contributed by atoms with van der Waals surface area (Å²) in [4.78, 5) is 2.58. The maximum Gasteiger partial charge on any atom is 0.132 e. The van der Waals surface area contributed by atoms with Gasteiger partial charge in [0.1, 0.15) is 11.5 Å². The molecule has 1 atom stereocenters. The Kier molecular flexibility index (Phi) is 3.90. The first kappa shape index (κ1) is 14.2. The Balaban J connectivity index is 1.78. The van der Waals surface area contributed by atoms with Crippen LogP contribution in [0.25, 0.3) is 0 Å². The van der Waals surface area contributed by atoms with E-state index in [1.54, 1.807) is 0 Å². The number of hydrogen-bond acceptors (Lipinski definition) is 3. The zero-order chi connectivity index (χ0) is 14.9. The molecule has 0 aromatic heterocycles. The Bertz CT molecular complexity index is 683. The normalized spacial score (nSPS) is 21.4. The summed E-state index contributed by atoms with van der Waals surface area (Å²) in [6.45, 7) is 4.29. The molecule has 2 aliphatic rings. The number of halogens is 1. The largest absolute Gasteiger partial charge is 0.457 e. The van der Waals surface area contributed by atoms with Crippen LogP contribution in [-0.2, 0) is 6.42 Å². The van der Waals surface area contributed by atoms with Gasteiger partial charge >= 0.3 is 0 Å². The van der Waals surface area contributed by atoms with Gasteiger partial charge in [-0.25, -0.2) is 0 Å². The van der Waals surface area contributed by atoms with Gasteiger partial charge in [-0.2, -0.15) is 0 Å². The lowest BCUT2D eigenvalue weighted by molar-refractivity contribution is 0.172. The number of hydrogen-bond donors (Lipinski definition) is 1. The van der Waals surface area contributed by atoms with E-state index in [4.69, 9.17) is 4.74 Å². The summed E-state index contributed by atoms with van der Waals surface area (Å²) in [6, 6.07) is 15.2. The van der Waals surface area contributed by atoms with Crippen LogP contribution in [-0.4, -0.2) is 31.1 Å². The van der Waals surface area contributed by atoms with Crippen LogP contribution in [0.5, 0.6) is 11.5 Å². The molecular weight excluding hydrogens is 340 g/mol. The van der Waals surface area contributed by atoms with Gasteiger partial charge in [-0.3, -0.25) is 4.90 Å². The quantitative estimate of drug-likeness (QED) is 0.840. The van der Waals surface area contributed by atoms with Crippen molar-refractivity contribution in [3.63, 3.8) is 0 Å². The van der Waals surface area contributed by atoms with E-state index < -0.39 is 0 Å². The molecule has 0 radical (unpaired) electrons. The standard InChI is InChI=1S/C18H19BrN2O/c19-14-5-6-17-13(11-14)12-16(21-9-7-20-8-10-21)15-3-1-2-4-18(15)22-17/h1-6,11,16,20H,7-10,12H2. The van der Waals surface area contributed by atoms with Gasteiger partial charge in [0.05, 0.1) is 0 Å². The second-order valence-corrected chi connectivity index (χ2v) is 6.81. The number of rotatable bonds is 1. The third kappa shape index (κ3) is 2.67. The van der Waals surface area contributed by atoms with Crippen LogP contribution in [0.3, 0.4) is 0 Å². The number of benzene rings is 2. The van der Waals surface area contributed by atoms with Crippen molar-refractivity contribution in [2.24, 2.45) is 0 Å². The van der Waals surface area contributed by atoms with E-state index in [-0.39, 0.29) is 0 Å². The number of nitrogens with one attached hydrogen (secondary N) is 1. The fraction of sp³-hybridized carbons (Fsp3) is 0.333. The first-order valence-electron chi connectivity index (χ1n) is 7.81. The highest BCUT2D eigenvalue weighted by molar-refractivity contribution is 9.10. The SMILES string of the molecule is Brc1ccc2c(c1)CC(N1CCNCC1)c1ccccc1O2. The number of piperazine rings is 1. The third-order valence-corrected chi connectivity index (χ3v) is 5.02. The molecule has 0 bridgehead atoms. The van der Waals surface area contributed by atoms with Crippen LogP contribution in [0.4, 0.5) is 0 Å². The lowest BCUT2D eigenvalue weighted by Gasteiger charge is -2.35. The molecule has 114 valence electrons. The van der Waals surface area contributed by atoms with Crippen LogP contribution in [0.2, 0.25) is 0 Å². The summed E-state index contributed by atoms with van der Waals surface area (Å²) in [7, 11) is 0. The molecule has 0 aliphatic carbocycles. The maximum atomic E-state index is 6.22. The Morgan fingerprint density at radius 3 is 2.73 bits per heavy atom. The third-order valence-electron chi connectivity index (χ3n) is 4.53. The van der Waals surface area contributed by atoms with Gasteiger partial charge in [0.2, 0.25) is 0 Å². The van der Waals surface area contributed by atoms with E-state index in [0.717, 1.165) is 48.6 Å². The molecule has 0 amide bonds. The Labute approximate surface area is 139 Å². The van der Waals surface area contributed by atoms with E-state index in [1.165, 1.54) is 11.1 Å². The van der Waals surface area contributed by atoms with Crippen molar-refractivity contribution in [3.05, 3.63) is 58.1 Å². The molecule has 2 heterocycles. The van der Waals surface area contributed by atoms with Gasteiger partial charge in [0, 0.05) is 42.3 Å². The van der Waals surface area contributed by atoms with Crippen molar-refractivity contribution in [3.8, 4) is 11.5 Å². The smallest absolute Gasteiger partial charge is 0.132 e. The second-order valence-electron chi connectivity index (χ2n) is 5.90. The number of para-hydroxylation sites is 1. The monoisotopic (exact) mass is 358 g/mol. The van der Waals surface area contributed by atoms with Crippen LogP contribution in [0.1, 0.15) is 17.2 Å². The fourth-order valence-electron chi connectivity index (χ4n) is 3.41. The molecule has 2 aromatic rings. The van der Waals surface area contributed by atoms with Crippen LogP contribution < -0.4 is 10.1 Å². The van der Waals surface area contributed by atoms with Gasteiger partial charge in [-0.05, 0) is 36.2 Å². The highest BCUT2D eigenvalue weighted by Gasteiger charge is 2.28. The predicted molar refractivity (Wildman–Crippen MR) is 91.5 cm³/mol. The van der Waals surface area contributed by atoms with E-state index in [9.17, 15) is 0 Å².